The summed E-state index contributed by atoms with van der Waals surface area (Å²) in [4.78, 5) is 44.0. The molecule has 0 saturated carbocycles. The van der Waals surface area contributed by atoms with Crippen LogP contribution in [0.1, 0.15) is 25.0 Å². The Morgan fingerprint density at radius 2 is 1.85 bits per heavy atom. The van der Waals surface area contributed by atoms with Crippen LogP contribution in [0.3, 0.4) is 0 Å². The molecule has 0 aliphatic carbocycles. The minimum Gasteiger partial charge on any atom is -0.387 e. The van der Waals surface area contributed by atoms with Crippen molar-refractivity contribution in [3.63, 3.8) is 0 Å². The monoisotopic (exact) mass is 538 g/mol. The highest BCUT2D eigenvalue weighted by molar-refractivity contribution is 7.66. The lowest BCUT2D eigenvalue weighted by Crippen LogP contribution is -2.44. The van der Waals surface area contributed by atoms with Crippen LogP contribution >= 0.6 is 23.5 Å². The van der Waals surface area contributed by atoms with Crippen LogP contribution in [0.15, 0.2) is 11.3 Å². The predicted molar refractivity (Wildman–Crippen MR) is 104 cm³/mol. The lowest BCUT2D eigenvalue weighted by atomic mass is 9.99. The molecule has 33 heavy (non-hydrogen) atoms. The summed E-state index contributed by atoms with van der Waals surface area (Å²) in [7, 11) is -16.8. The summed E-state index contributed by atoms with van der Waals surface area (Å²) >= 11 is 0. The predicted octanol–water partition coefficient (Wildman–Crippen LogP) is -2.26. The van der Waals surface area contributed by atoms with Crippen LogP contribution in [0.4, 0.5) is 5.82 Å². The van der Waals surface area contributed by atoms with Crippen molar-refractivity contribution < 1.29 is 61.4 Å². The number of fused-ring (bicyclic) bond motifs is 1. The summed E-state index contributed by atoms with van der Waals surface area (Å²) in [6.45, 7) is 0.161. The second-order valence-corrected chi connectivity index (χ2v) is 11.5. The topological polar surface area (TPSA) is 304 Å². The molecule has 3 heterocycles. The molecular formula is C11H21N6O13P3. The van der Waals surface area contributed by atoms with Crippen molar-refractivity contribution >= 4 is 35.2 Å². The first kappa shape index (κ1) is 26.3. The summed E-state index contributed by atoms with van der Waals surface area (Å²) in [5.74, 6) is 0.0485. The number of aliphatic imine (C=N–C) groups is 1. The second kappa shape index (κ2) is 8.75. The van der Waals surface area contributed by atoms with Crippen molar-refractivity contribution in [3.8, 4) is 0 Å². The number of aromatic nitrogens is 2. The highest BCUT2D eigenvalue weighted by Gasteiger charge is 2.54. The van der Waals surface area contributed by atoms with E-state index in [4.69, 9.17) is 26.0 Å². The Labute approximate surface area is 184 Å². The quantitative estimate of drug-likeness (QED) is 0.158. The third-order valence-electron chi connectivity index (χ3n) is 4.45. The van der Waals surface area contributed by atoms with Gasteiger partial charge in [-0.15, -0.1) is 0 Å². The van der Waals surface area contributed by atoms with Gasteiger partial charge in [0.25, 0.3) is 0 Å². The van der Waals surface area contributed by atoms with Crippen molar-refractivity contribution in [3.05, 3.63) is 12.0 Å². The van der Waals surface area contributed by atoms with E-state index in [0.29, 0.717) is 0 Å². The average Bonchev–Trinajstić information content (AvgIpc) is 3.12. The van der Waals surface area contributed by atoms with E-state index < -0.39 is 60.3 Å². The molecule has 2 aliphatic heterocycles. The smallest absolute Gasteiger partial charge is 0.387 e. The molecule has 1 fully saturated rings. The Morgan fingerprint density at radius 3 is 2.45 bits per heavy atom. The first-order chi connectivity index (χ1) is 14.9. The number of guanidine groups is 1. The van der Waals surface area contributed by atoms with Gasteiger partial charge in [-0.3, -0.25) is 9.09 Å². The van der Waals surface area contributed by atoms with Crippen molar-refractivity contribution in [2.75, 3.05) is 6.61 Å². The number of phosphoric ester groups is 1. The molecule has 7 atom stereocenters. The third-order valence-corrected chi connectivity index (χ3v) is 8.24. The van der Waals surface area contributed by atoms with Gasteiger partial charge in [0, 0.05) is 0 Å². The number of phosphoric acid groups is 3. The zero-order valence-corrected chi connectivity index (χ0v) is 19.2. The number of nitrogens with zero attached hydrogens (tertiary/aromatic N) is 3. The van der Waals surface area contributed by atoms with Crippen LogP contribution in [0, 0.1) is 0 Å². The highest BCUT2D eigenvalue weighted by Crippen LogP contribution is 2.66. The maximum Gasteiger partial charge on any atom is 0.490 e. The van der Waals surface area contributed by atoms with Crippen LogP contribution in [-0.2, 0) is 31.6 Å². The lowest BCUT2D eigenvalue weighted by molar-refractivity contribution is -0.114. The average molecular weight is 538 g/mol. The van der Waals surface area contributed by atoms with Crippen LogP contribution < -0.4 is 16.8 Å². The summed E-state index contributed by atoms with van der Waals surface area (Å²) in [5, 5.41) is 23.6. The number of ether oxygens (including phenoxy) is 1. The Hall–Kier alpha value is -1.27. The van der Waals surface area contributed by atoms with Gasteiger partial charge in [-0.05, 0) is 6.92 Å². The fourth-order valence-corrected chi connectivity index (χ4v) is 6.16. The second-order valence-electron chi connectivity index (χ2n) is 7.10. The standard InChI is InChI=1S/C11H21N6O13P3/c1-11(2-27-32(23,24)30-33(25,26)29-31(20,21)22)6(19)5(18)9(28-11)17-3-14-4-7(12)15-10(13)16-8(4)17/h3,5-7,9,18-19H,2,12H2,1H3,(H,23,24)(H,25,26)(H3,13,15,16)(H2,20,21,22)/t5-,6+,7?,9-,11-/m1/s1. The summed E-state index contributed by atoms with van der Waals surface area (Å²) in [6.07, 6.45) is -4.38. The van der Waals surface area contributed by atoms with E-state index in [1.807, 2.05) is 0 Å². The summed E-state index contributed by atoms with van der Waals surface area (Å²) < 4.78 is 52.6. The Kier molecular flexibility index (Phi) is 6.98. The maximum atomic E-state index is 12.0. The number of nitrogens with two attached hydrogens (primary N) is 2. The molecule has 188 valence electrons. The van der Waals surface area contributed by atoms with E-state index >= 15 is 0 Å². The Bertz CT molecular complexity index is 1090. The van der Waals surface area contributed by atoms with Crippen LogP contribution in [0.2, 0.25) is 0 Å². The first-order valence-electron chi connectivity index (χ1n) is 8.68. The van der Waals surface area contributed by atoms with Gasteiger partial charge in [0.2, 0.25) is 0 Å². The molecule has 19 nitrogen and oxygen atoms in total. The van der Waals surface area contributed by atoms with Crippen LogP contribution in [-0.4, -0.2) is 69.7 Å². The van der Waals surface area contributed by atoms with Gasteiger partial charge in [-0.1, -0.05) is 0 Å². The molecule has 0 aromatic carbocycles. The van der Waals surface area contributed by atoms with Gasteiger partial charge >= 0.3 is 23.5 Å². The number of aliphatic hydroxyl groups is 2. The number of hydrogen-bond acceptors (Lipinski definition) is 14. The van der Waals surface area contributed by atoms with Gasteiger partial charge in [-0.25, -0.2) is 18.7 Å². The fraction of sp³-hybridized carbons (Fsp3) is 0.636. The number of hydrogen-bond donors (Lipinski definition) is 9. The molecule has 0 bridgehead atoms. The van der Waals surface area contributed by atoms with Gasteiger partial charge in [0.05, 0.1) is 12.9 Å². The fourth-order valence-electron chi connectivity index (χ4n) is 3.05. The van der Waals surface area contributed by atoms with E-state index in [-0.39, 0.29) is 17.5 Å². The zero-order chi connectivity index (χ0) is 25.0. The molecule has 3 rings (SSSR count). The van der Waals surface area contributed by atoms with E-state index in [1.54, 1.807) is 0 Å². The van der Waals surface area contributed by atoms with Crippen LogP contribution in [0.25, 0.3) is 0 Å². The molecule has 22 heteroatoms. The Morgan fingerprint density at radius 1 is 1.21 bits per heavy atom. The molecule has 11 N–H and O–H groups in total. The minimum absolute atomic E-state index is 0.0554. The number of nitrogens with one attached hydrogen (secondary N) is 1. The molecule has 0 radical (unpaired) electrons. The summed E-state index contributed by atoms with van der Waals surface area (Å²) in [5.41, 5.74) is 9.83. The van der Waals surface area contributed by atoms with Crippen molar-refractivity contribution in [1.82, 2.24) is 14.9 Å². The van der Waals surface area contributed by atoms with Gasteiger partial charge in [0.1, 0.15) is 29.7 Å². The molecule has 1 aromatic heterocycles. The minimum atomic E-state index is -5.73. The SMILES string of the molecule is C[C@]1(COP(=O)(O)OP(=O)(O)OP(=O)(O)O)O[C@@H](n2cnc3c2N=C(N)NC3N)[C@H](O)[C@@H]1O. The Balaban J connectivity index is 1.75. The van der Waals surface area contributed by atoms with Crippen molar-refractivity contribution in [2.45, 2.75) is 37.1 Å². The molecular weight excluding hydrogens is 517 g/mol. The number of imidazole rings is 1. The van der Waals surface area contributed by atoms with Gasteiger partial charge in [0.15, 0.2) is 18.0 Å². The molecule has 1 aromatic rings. The van der Waals surface area contributed by atoms with Crippen LogP contribution in [0.5, 0.6) is 0 Å². The van der Waals surface area contributed by atoms with E-state index in [0.717, 1.165) is 0 Å². The third kappa shape index (κ3) is 5.87. The van der Waals surface area contributed by atoms with E-state index in [9.17, 15) is 33.7 Å². The lowest BCUT2D eigenvalue weighted by Gasteiger charge is -2.28. The largest absolute Gasteiger partial charge is 0.490 e. The van der Waals surface area contributed by atoms with E-state index in [1.165, 1.54) is 17.8 Å². The molecule has 3 unspecified atom stereocenters. The zero-order valence-electron chi connectivity index (χ0n) is 16.5. The van der Waals surface area contributed by atoms with Crippen molar-refractivity contribution in [2.24, 2.45) is 16.5 Å². The molecule has 2 aliphatic rings. The normalized spacial score (nSPS) is 33.5. The van der Waals surface area contributed by atoms with Crippen molar-refractivity contribution in [1.29, 1.82) is 0 Å². The van der Waals surface area contributed by atoms with E-state index in [2.05, 4.69) is 28.4 Å². The highest BCUT2D eigenvalue weighted by atomic mass is 31.3. The molecule has 0 amide bonds. The first-order valence-corrected chi connectivity index (χ1v) is 13.2. The molecule has 1 saturated heterocycles. The number of rotatable bonds is 8. The van der Waals surface area contributed by atoms with Gasteiger partial charge in [-0.2, -0.15) is 13.6 Å². The van der Waals surface area contributed by atoms with Gasteiger partial charge < -0.3 is 51.3 Å². The molecule has 0 spiro atoms. The maximum absolute atomic E-state index is 12.0. The summed E-state index contributed by atoms with van der Waals surface area (Å²) in [6, 6.07) is 0. The number of aliphatic hydroxyl groups excluding tert-OH is 2.